The van der Waals surface area contributed by atoms with E-state index in [-0.39, 0.29) is 11.4 Å². The van der Waals surface area contributed by atoms with E-state index in [0.717, 1.165) is 23.1 Å². The Morgan fingerprint density at radius 1 is 1.14 bits per heavy atom. The standard InChI is InChI=1S/C22H27FN3O2P/c1-2-11-29(28,12-9-24-10-13-29)21-15-16(7-8-19(21)23)14-20-17-5-3-4-6-18(17)22(27)26-25-20/h3-8,15,24,28H,2,9-14H2,1H3,(H,26,27). The number of hydrogen-bond donors (Lipinski definition) is 3. The second-order valence-electron chi connectivity index (χ2n) is 8.10. The zero-order valence-corrected chi connectivity index (χ0v) is 17.5. The third-order valence-corrected chi connectivity index (χ3v) is 11.8. The molecule has 0 aliphatic carbocycles. The van der Waals surface area contributed by atoms with E-state index in [1.165, 1.54) is 6.07 Å². The van der Waals surface area contributed by atoms with Gasteiger partial charge >= 0.3 is 169 Å². The van der Waals surface area contributed by atoms with Crippen LogP contribution in [0.1, 0.15) is 24.6 Å². The Morgan fingerprint density at radius 2 is 1.86 bits per heavy atom. The summed E-state index contributed by atoms with van der Waals surface area (Å²) in [7, 11) is 0. The quantitative estimate of drug-likeness (QED) is 0.560. The van der Waals surface area contributed by atoms with Gasteiger partial charge < -0.3 is 0 Å². The molecule has 0 saturated carbocycles. The molecule has 0 spiro atoms. The number of nitrogens with zero attached hydrogens (tertiary/aromatic N) is 1. The number of fused-ring (bicyclic) bond motifs is 1. The molecule has 1 aliphatic heterocycles. The molecule has 0 radical (unpaired) electrons. The fraction of sp³-hybridized carbons (Fsp3) is 0.364. The third-order valence-electron chi connectivity index (χ3n) is 6.16. The average Bonchev–Trinajstić information content (AvgIpc) is 2.72. The second kappa shape index (κ2) is 7.60. The van der Waals surface area contributed by atoms with Crippen molar-refractivity contribution in [2.45, 2.75) is 19.8 Å². The van der Waals surface area contributed by atoms with Gasteiger partial charge in [-0.05, 0) is 0 Å². The van der Waals surface area contributed by atoms with Crippen LogP contribution in [0.5, 0.6) is 0 Å². The van der Waals surface area contributed by atoms with Gasteiger partial charge in [-0.3, -0.25) is 0 Å². The minimum absolute atomic E-state index is 0.220. The molecule has 1 saturated heterocycles. The van der Waals surface area contributed by atoms with E-state index in [1.807, 2.05) is 31.2 Å². The second-order valence-corrected chi connectivity index (χ2v) is 13.3. The van der Waals surface area contributed by atoms with E-state index in [2.05, 4.69) is 15.5 Å². The van der Waals surface area contributed by atoms with Crippen LogP contribution in [0.25, 0.3) is 10.8 Å². The molecule has 3 aromatic rings. The fourth-order valence-electron chi connectivity index (χ4n) is 4.64. The van der Waals surface area contributed by atoms with Crippen molar-refractivity contribution < 1.29 is 9.28 Å². The first-order chi connectivity index (χ1) is 13.9. The van der Waals surface area contributed by atoms with Crippen LogP contribution in [0, 0.1) is 5.82 Å². The summed E-state index contributed by atoms with van der Waals surface area (Å²) >= 11 is 0. The van der Waals surface area contributed by atoms with Crippen molar-refractivity contribution in [3.05, 3.63) is 69.9 Å². The molecule has 0 bridgehead atoms. The van der Waals surface area contributed by atoms with Crippen LogP contribution in [0.3, 0.4) is 0 Å². The zero-order valence-electron chi connectivity index (χ0n) is 16.6. The third kappa shape index (κ3) is 3.61. The van der Waals surface area contributed by atoms with E-state index in [4.69, 9.17) is 0 Å². The maximum absolute atomic E-state index is 15.0. The zero-order chi connectivity index (χ0) is 20.5. The van der Waals surface area contributed by atoms with Gasteiger partial charge in [0.25, 0.3) is 0 Å². The van der Waals surface area contributed by atoms with Crippen molar-refractivity contribution in [1.82, 2.24) is 15.5 Å². The van der Waals surface area contributed by atoms with Gasteiger partial charge in [0, 0.05) is 0 Å². The summed E-state index contributed by atoms with van der Waals surface area (Å²) in [6.07, 6.45) is 3.15. The number of nitrogens with one attached hydrogen (secondary N) is 2. The SMILES string of the molecule is CCCP1(O)(c2cc(Cc3n[nH]c(=O)c4ccccc34)ccc2F)CCNCC1. The van der Waals surface area contributed by atoms with E-state index < -0.39 is 6.83 Å². The number of halogens is 1. The predicted octanol–water partition coefficient (Wildman–Crippen LogP) is 2.75. The van der Waals surface area contributed by atoms with Crippen molar-refractivity contribution in [3.63, 3.8) is 0 Å². The summed E-state index contributed by atoms with van der Waals surface area (Å²) in [5, 5.41) is 12.0. The van der Waals surface area contributed by atoms with Crippen LogP contribution < -0.4 is 16.2 Å². The molecule has 0 atom stereocenters. The van der Waals surface area contributed by atoms with E-state index >= 15 is 4.39 Å². The normalized spacial score (nSPS) is 19.5. The van der Waals surface area contributed by atoms with Crippen molar-refractivity contribution in [2.24, 2.45) is 0 Å². The summed E-state index contributed by atoms with van der Waals surface area (Å²) in [5.41, 5.74) is 1.40. The summed E-state index contributed by atoms with van der Waals surface area (Å²) < 4.78 is 15.0. The van der Waals surface area contributed by atoms with Crippen LogP contribution in [0.2, 0.25) is 0 Å². The molecule has 1 aliphatic rings. The Kier molecular flexibility index (Phi) is 5.28. The molecule has 7 heteroatoms. The number of aromatic amines is 1. The summed E-state index contributed by atoms with van der Waals surface area (Å²) in [5.74, 6) is -0.316. The average molecular weight is 415 g/mol. The first-order valence-corrected chi connectivity index (χ1v) is 12.9. The van der Waals surface area contributed by atoms with Gasteiger partial charge in [0.1, 0.15) is 0 Å². The van der Waals surface area contributed by atoms with Crippen molar-refractivity contribution in [1.29, 1.82) is 0 Å². The van der Waals surface area contributed by atoms with Crippen LogP contribution in [-0.2, 0) is 6.42 Å². The Hall–Kier alpha value is -2.14. The molecule has 2 aromatic carbocycles. The van der Waals surface area contributed by atoms with Gasteiger partial charge in [0.2, 0.25) is 0 Å². The van der Waals surface area contributed by atoms with Crippen LogP contribution in [0.4, 0.5) is 4.39 Å². The van der Waals surface area contributed by atoms with Gasteiger partial charge in [-0.2, -0.15) is 0 Å². The molecular formula is C22H27FN3O2P. The van der Waals surface area contributed by atoms with Gasteiger partial charge in [-0.1, -0.05) is 0 Å². The predicted molar refractivity (Wildman–Crippen MR) is 118 cm³/mol. The van der Waals surface area contributed by atoms with Gasteiger partial charge in [-0.25, -0.2) is 0 Å². The van der Waals surface area contributed by atoms with Gasteiger partial charge in [0.05, 0.1) is 0 Å². The number of rotatable bonds is 5. The molecule has 0 amide bonds. The number of benzene rings is 2. The summed E-state index contributed by atoms with van der Waals surface area (Å²) in [4.78, 5) is 24.0. The molecule has 4 rings (SSSR count). The molecule has 2 heterocycles. The maximum atomic E-state index is 15.0. The van der Waals surface area contributed by atoms with E-state index in [0.29, 0.717) is 48.7 Å². The van der Waals surface area contributed by atoms with Crippen molar-refractivity contribution in [3.8, 4) is 0 Å². The van der Waals surface area contributed by atoms with E-state index in [1.54, 1.807) is 12.1 Å². The molecule has 154 valence electrons. The Bertz CT molecular complexity index is 1100. The number of aromatic nitrogens is 2. The Balaban J connectivity index is 1.79. The summed E-state index contributed by atoms with van der Waals surface area (Å²) in [6.45, 7) is 0.146. The van der Waals surface area contributed by atoms with Crippen LogP contribution >= 0.6 is 6.83 Å². The molecule has 5 nitrogen and oxygen atoms in total. The van der Waals surface area contributed by atoms with Gasteiger partial charge in [0.15, 0.2) is 0 Å². The van der Waals surface area contributed by atoms with Crippen LogP contribution in [-0.4, -0.2) is 46.7 Å². The first kappa shape index (κ1) is 20.1. The molecule has 3 N–H and O–H groups in total. The topological polar surface area (TPSA) is 78.0 Å². The van der Waals surface area contributed by atoms with Crippen LogP contribution in [0.15, 0.2) is 47.3 Å². The molecular weight excluding hydrogens is 388 g/mol. The Labute approximate surface area is 169 Å². The minimum atomic E-state index is -3.33. The molecule has 29 heavy (non-hydrogen) atoms. The van der Waals surface area contributed by atoms with Crippen molar-refractivity contribution in [2.75, 3.05) is 31.6 Å². The van der Waals surface area contributed by atoms with Gasteiger partial charge in [-0.15, -0.1) is 0 Å². The number of hydrogen-bond acceptors (Lipinski definition) is 4. The first-order valence-electron chi connectivity index (χ1n) is 10.1. The Morgan fingerprint density at radius 3 is 2.59 bits per heavy atom. The molecule has 1 fully saturated rings. The molecule has 0 unspecified atom stereocenters. The van der Waals surface area contributed by atoms with E-state index in [9.17, 15) is 9.69 Å². The monoisotopic (exact) mass is 415 g/mol. The summed E-state index contributed by atoms with van der Waals surface area (Å²) in [6, 6.07) is 12.4. The fourth-order valence-corrected chi connectivity index (χ4v) is 9.59. The molecule has 1 aromatic heterocycles. The van der Waals surface area contributed by atoms with Crippen molar-refractivity contribution >= 4 is 22.9 Å². The number of H-pyrrole nitrogens is 1.